The van der Waals surface area contributed by atoms with Gasteiger partial charge in [0.2, 0.25) is 10.0 Å². The van der Waals surface area contributed by atoms with Gasteiger partial charge in [0.15, 0.2) is 0 Å². The molecule has 3 heterocycles. The lowest BCUT2D eigenvalue weighted by Gasteiger charge is -2.53. The van der Waals surface area contributed by atoms with Crippen molar-refractivity contribution in [2.45, 2.75) is 80.8 Å². The molecule has 256 valence electrons. The van der Waals surface area contributed by atoms with Gasteiger partial charge in [0.1, 0.15) is 18.0 Å². The third-order valence-corrected chi connectivity index (χ3v) is 16.0. The summed E-state index contributed by atoms with van der Waals surface area (Å²) in [6.07, 6.45) is 11.2. The molecule has 1 amide bonds. The molecule has 0 unspecified atom stereocenters. The molecule has 4 aliphatic rings. The highest BCUT2D eigenvalue weighted by Gasteiger charge is 2.52. The minimum absolute atomic E-state index is 0.197. The number of fused-ring (bicyclic) bond motifs is 3. The quantitative estimate of drug-likeness (QED) is 0.316. The Kier molecular flexibility index (Phi) is 11.1. The summed E-state index contributed by atoms with van der Waals surface area (Å²) in [6, 6.07) is 11.3. The predicted molar refractivity (Wildman–Crippen MR) is 195 cm³/mol. The third kappa shape index (κ3) is 7.52. The highest BCUT2D eigenvalue weighted by atomic mass is 35.5. The summed E-state index contributed by atoms with van der Waals surface area (Å²) in [5, 5.41) is -0.0375. The van der Waals surface area contributed by atoms with E-state index in [9.17, 15) is 13.2 Å². The Morgan fingerprint density at radius 1 is 1.04 bits per heavy atom. The minimum atomic E-state index is -3.93. The average Bonchev–Trinajstić information content (AvgIpc) is 3.08. The van der Waals surface area contributed by atoms with Crippen LogP contribution in [0, 0.1) is 17.8 Å². The number of nitrogens with zero attached hydrogens (tertiary/aromatic N) is 1. The normalized spacial score (nSPS) is 31.1. The molecule has 2 fully saturated rings. The van der Waals surface area contributed by atoms with Crippen molar-refractivity contribution in [3.63, 3.8) is 0 Å². The molecule has 3 aliphatic heterocycles. The standard InChI is InChI=1S/C36H47ClN2O5S3/c1-24-8-6-16-36(43-3,35-45-18-7-19-46-35)31-14-11-28(31)22-39-17-5-4-9-26-20-30(37)13-10-29(26)23-44-33-15-12-27(21-32(33)39)34(40)38-47(41,42)25(24)2/h6,10,12-13,15-16,20-21,24-25,28,31,35H,4-5,7-9,11,14,17-19,22-23H2,1-3H3,(H,38,40)/b16-6+/t24-,25+,28-,31+,36+/m0/s1. The van der Waals surface area contributed by atoms with Crippen molar-refractivity contribution in [2.24, 2.45) is 17.8 Å². The molecule has 0 aromatic heterocycles. The molecule has 1 saturated heterocycles. The van der Waals surface area contributed by atoms with Gasteiger partial charge in [-0.05, 0) is 123 Å². The van der Waals surface area contributed by atoms with E-state index < -0.39 is 26.8 Å². The first-order chi connectivity index (χ1) is 22.6. The number of hydrogen-bond donors (Lipinski definition) is 1. The SMILES string of the molecule is CO[C@]1(C2SCCCS2)/C=C/C[C@H](C)[C@@H](C)S(=O)(=O)NC(=O)c2ccc3c(c2)N(CCCCc2cc(Cl)ccc2CO3)C[C@@H]2CC[C@H]21. The summed E-state index contributed by atoms with van der Waals surface area (Å²) in [5.74, 6) is 2.81. The summed E-state index contributed by atoms with van der Waals surface area (Å²) >= 11 is 10.4. The van der Waals surface area contributed by atoms with E-state index in [2.05, 4.69) is 21.8 Å². The number of carbonyl (C=O) groups is 1. The Morgan fingerprint density at radius 3 is 2.60 bits per heavy atom. The fourth-order valence-corrected chi connectivity index (χ4v) is 12.3. The Balaban J connectivity index is 1.42. The number of benzene rings is 2. The summed E-state index contributed by atoms with van der Waals surface area (Å²) in [4.78, 5) is 15.9. The molecular formula is C36H47ClN2O5S3. The average molecular weight is 719 g/mol. The number of thioether (sulfide) groups is 2. The van der Waals surface area contributed by atoms with Crippen LogP contribution in [0.15, 0.2) is 48.6 Å². The van der Waals surface area contributed by atoms with E-state index in [1.54, 1.807) is 13.0 Å². The molecule has 1 saturated carbocycles. The number of anilines is 1. The van der Waals surface area contributed by atoms with Gasteiger partial charge in [-0.2, -0.15) is 0 Å². The lowest BCUT2D eigenvalue weighted by Crippen LogP contribution is -2.55. The van der Waals surface area contributed by atoms with E-state index >= 15 is 0 Å². The van der Waals surface area contributed by atoms with Crippen LogP contribution in [0.2, 0.25) is 5.02 Å². The number of nitrogens with one attached hydrogen (secondary N) is 1. The molecule has 2 bridgehead atoms. The second-order valence-corrected chi connectivity index (χ2v) is 18.7. The van der Waals surface area contributed by atoms with Crippen LogP contribution in [0.25, 0.3) is 0 Å². The lowest BCUT2D eigenvalue weighted by molar-refractivity contribution is -0.0637. The zero-order chi connectivity index (χ0) is 33.2. The highest BCUT2D eigenvalue weighted by molar-refractivity contribution is 8.17. The number of sulfonamides is 1. The Labute approximate surface area is 294 Å². The van der Waals surface area contributed by atoms with Crippen LogP contribution in [0.3, 0.4) is 0 Å². The summed E-state index contributed by atoms with van der Waals surface area (Å²) < 4.78 is 42.7. The van der Waals surface area contributed by atoms with E-state index in [1.807, 2.05) is 67.9 Å². The number of hydrogen-bond acceptors (Lipinski definition) is 8. The van der Waals surface area contributed by atoms with Crippen molar-refractivity contribution in [2.75, 3.05) is 36.6 Å². The lowest BCUT2D eigenvalue weighted by atomic mass is 9.64. The van der Waals surface area contributed by atoms with Crippen LogP contribution in [0.1, 0.15) is 73.9 Å². The van der Waals surface area contributed by atoms with Crippen LogP contribution in [0.5, 0.6) is 5.75 Å². The molecule has 11 heteroatoms. The molecule has 5 atom stereocenters. The number of carbonyl (C=O) groups excluding carboxylic acids is 1. The molecule has 1 aliphatic carbocycles. The molecule has 47 heavy (non-hydrogen) atoms. The number of ether oxygens (including phenoxy) is 2. The van der Waals surface area contributed by atoms with Gasteiger partial charge in [0.05, 0.1) is 15.5 Å². The molecule has 0 spiro atoms. The van der Waals surface area contributed by atoms with Crippen LogP contribution in [0.4, 0.5) is 5.69 Å². The summed E-state index contributed by atoms with van der Waals surface area (Å²) in [5.41, 5.74) is 2.97. The van der Waals surface area contributed by atoms with Crippen molar-refractivity contribution in [1.82, 2.24) is 4.72 Å². The Hall–Kier alpha value is -1.85. The van der Waals surface area contributed by atoms with Crippen LogP contribution in [-0.4, -0.2) is 61.5 Å². The molecule has 6 rings (SSSR count). The topological polar surface area (TPSA) is 84.9 Å². The van der Waals surface area contributed by atoms with Crippen molar-refractivity contribution >= 4 is 56.7 Å². The summed E-state index contributed by atoms with van der Waals surface area (Å²) in [7, 11) is -2.07. The smallest absolute Gasteiger partial charge is 0.264 e. The fourth-order valence-electron chi connectivity index (χ4n) is 7.43. The molecule has 0 radical (unpaired) electrons. The van der Waals surface area contributed by atoms with Gasteiger partial charge in [-0.15, -0.1) is 23.5 Å². The van der Waals surface area contributed by atoms with Crippen LogP contribution < -0.4 is 14.4 Å². The maximum atomic E-state index is 13.5. The van der Waals surface area contributed by atoms with Gasteiger partial charge in [0, 0.05) is 30.8 Å². The fraction of sp³-hybridized carbons (Fsp3) is 0.583. The number of halogens is 1. The molecule has 2 aromatic rings. The predicted octanol–water partition coefficient (Wildman–Crippen LogP) is 7.71. The van der Waals surface area contributed by atoms with Gasteiger partial charge in [-0.1, -0.05) is 36.7 Å². The number of allylic oxidation sites excluding steroid dienone is 1. The van der Waals surface area contributed by atoms with E-state index in [4.69, 9.17) is 21.1 Å². The first kappa shape index (κ1) is 35.0. The number of methoxy groups -OCH3 is 1. The minimum Gasteiger partial charge on any atom is -0.487 e. The van der Waals surface area contributed by atoms with Gasteiger partial charge < -0.3 is 14.4 Å². The first-order valence-corrected chi connectivity index (χ1v) is 20.9. The third-order valence-electron chi connectivity index (χ3n) is 10.7. The number of aryl methyl sites for hydroxylation is 1. The molecule has 1 N–H and O–H groups in total. The summed E-state index contributed by atoms with van der Waals surface area (Å²) in [6.45, 7) is 5.59. The molecule has 7 nitrogen and oxygen atoms in total. The maximum Gasteiger partial charge on any atom is 0.264 e. The maximum absolute atomic E-state index is 13.5. The second kappa shape index (κ2) is 15.0. The van der Waals surface area contributed by atoms with Crippen molar-refractivity contribution in [1.29, 1.82) is 0 Å². The zero-order valence-electron chi connectivity index (χ0n) is 27.6. The van der Waals surface area contributed by atoms with E-state index in [-0.39, 0.29) is 10.5 Å². The van der Waals surface area contributed by atoms with Crippen molar-refractivity contribution < 1.29 is 22.7 Å². The van der Waals surface area contributed by atoms with E-state index in [0.29, 0.717) is 36.2 Å². The number of amides is 1. The van der Waals surface area contributed by atoms with Gasteiger partial charge in [-0.3, -0.25) is 4.79 Å². The van der Waals surface area contributed by atoms with Gasteiger partial charge in [0.25, 0.3) is 5.91 Å². The first-order valence-electron chi connectivity index (χ1n) is 16.9. The Morgan fingerprint density at radius 2 is 1.85 bits per heavy atom. The zero-order valence-corrected chi connectivity index (χ0v) is 30.8. The molecular weight excluding hydrogens is 672 g/mol. The van der Waals surface area contributed by atoms with Gasteiger partial charge >= 0.3 is 0 Å². The van der Waals surface area contributed by atoms with E-state index in [0.717, 1.165) is 73.0 Å². The van der Waals surface area contributed by atoms with Gasteiger partial charge in [-0.25, -0.2) is 13.1 Å². The second-order valence-electron chi connectivity index (χ2n) is 13.5. The number of rotatable bonds is 2. The van der Waals surface area contributed by atoms with Crippen molar-refractivity contribution in [3.05, 3.63) is 70.3 Å². The van der Waals surface area contributed by atoms with Crippen molar-refractivity contribution in [3.8, 4) is 5.75 Å². The molecule has 2 aromatic carbocycles. The highest BCUT2D eigenvalue weighted by Crippen LogP contribution is 2.53. The largest absolute Gasteiger partial charge is 0.487 e. The Bertz CT molecular complexity index is 1580. The van der Waals surface area contributed by atoms with Crippen LogP contribution in [-0.2, 0) is 27.8 Å². The van der Waals surface area contributed by atoms with Crippen LogP contribution >= 0.6 is 35.1 Å². The van der Waals surface area contributed by atoms with E-state index in [1.165, 1.54) is 12.0 Å². The monoisotopic (exact) mass is 718 g/mol.